The maximum Gasteiger partial charge on any atom is 0.220 e. The number of pyridine rings is 1. The Kier molecular flexibility index (Phi) is 6.54. The van der Waals surface area contributed by atoms with E-state index in [1.54, 1.807) is 0 Å². The lowest BCUT2D eigenvalue weighted by atomic mass is 9.75. The van der Waals surface area contributed by atoms with Gasteiger partial charge in [0, 0.05) is 6.07 Å². The lowest BCUT2D eigenvalue weighted by Gasteiger charge is -2.29. The summed E-state index contributed by atoms with van der Waals surface area (Å²) >= 11 is 0. The fourth-order valence-corrected chi connectivity index (χ4v) is 7.93. The monoisotopic (exact) mass is 498 g/mol. The molecular formula is C33H41FNSi+. The lowest BCUT2D eigenvalue weighted by Crippen LogP contribution is -2.52. The normalized spacial score (nSPS) is 12.9. The standard InChI is InChI=1S/C33H41FNSi/c1-22-27(21-28(32(2,3)4)30(34)29(22)33(5,6)7)31-26-17-16-25(20-23(26)18-19-35(31)8)36(9,10)24-14-12-11-13-15-24/h11-21H,1-10H3/q+1. The molecule has 3 aromatic carbocycles. The molecule has 0 aliphatic carbocycles. The summed E-state index contributed by atoms with van der Waals surface area (Å²) in [5.41, 5.74) is 4.29. The van der Waals surface area contributed by atoms with Crippen molar-refractivity contribution in [3.05, 3.63) is 89.4 Å². The van der Waals surface area contributed by atoms with Gasteiger partial charge < -0.3 is 0 Å². The summed E-state index contributed by atoms with van der Waals surface area (Å²) in [6.07, 6.45) is 2.15. The molecule has 3 heteroatoms. The van der Waals surface area contributed by atoms with E-state index in [-0.39, 0.29) is 16.6 Å². The van der Waals surface area contributed by atoms with Crippen molar-refractivity contribution in [1.82, 2.24) is 0 Å². The lowest BCUT2D eigenvalue weighted by molar-refractivity contribution is -0.659. The van der Waals surface area contributed by atoms with Gasteiger partial charge in [-0.05, 0) is 52.0 Å². The zero-order valence-electron chi connectivity index (χ0n) is 23.7. The van der Waals surface area contributed by atoms with Crippen LogP contribution in [0.1, 0.15) is 58.2 Å². The molecule has 0 amide bonds. The molecule has 36 heavy (non-hydrogen) atoms. The number of aryl methyl sites for hydroxylation is 1. The molecule has 0 atom stereocenters. The molecule has 1 aromatic heterocycles. The van der Waals surface area contributed by atoms with Crippen LogP contribution >= 0.6 is 0 Å². The topological polar surface area (TPSA) is 3.88 Å². The number of fused-ring (bicyclic) bond motifs is 1. The third-order valence-electron chi connectivity index (χ3n) is 7.69. The second-order valence-electron chi connectivity index (χ2n) is 12.9. The van der Waals surface area contributed by atoms with Crippen molar-refractivity contribution < 1.29 is 8.96 Å². The molecule has 0 fully saturated rings. The predicted octanol–water partition coefficient (Wildman–Crippen LogP) is 7.20. The van der Waals surface area contributed by atoms with E-state index >= 15 is 4.39 Å². The Morgan fingerprint density at radius 2 is 1.42 bits per heavy atom. The molecule has 4 rings (SSSR count). The third-order valence-corrected chi connectivity index (χ3v) is 11.2. The first-order valence-corrected chi connectivity index (χ1v) is 16.0. The quantitative estimate of drug-likeness (QED) is 0.208. The molecule has 0 saturated carbocycles. The molecule has 0 aliphatic rings. The molecule has 1 heterocycles. The number of benzene rings is 3. The van der Waals surface area contributed by atoms with Gasteiger partial charge in [-0.15, -0.1) is 0 Å². The second kappa shape index (κ2) is 8.95. The van der Waals surface area contributed by atoms with E-state index in [1.165, 1.54) is 21.1 Å². The molecule has 188 valence electrons. The van der Waals surface area contributed by atoms with Crippen LogP contribution in [0, 0.1) is 12.7 Å². The summed E-state index contributed by atoms with van der Waals surface area (Å²) in [5, 5.41) is 5.29. The second-order valence-corrected chi connectivity index (χ2v) is 17.3. The molecule has 0 radical (unpaired) electrons. The summed E-state index contributed by atoms with van der Waals surface area (Å²) in [6, 6.07) is 22.2. The minimum absolute atomic E-state index is 0.0583. The van der Waals surface area contributed by atoms with Crippen LogP contribution in [0.25, 0.3) is 22.0 Å². The highest BCUT2D eigenvalue weighted by Crippen LogP contribution is 2.40. The van der Waals surface area contributed by atoms with Crippen LogP contribution in [0.3, 0.4) is 0 Å². The molecule has 1 nitrogen and oxygen atoms in total. The van der Waals surface area contributed by atoms with Crippen LogP contribution in [-0.2, 0) is 17.9 Å². The number of aromatic nitrogens is 1. The minimum Gasteiger partial charge on any atom is -0.206 e. The Morgan fingerprint density at radius 1 is 0.778 bits per heavy atom. The van der Waals surface area contributed by atoms with Gasteiger partial charge in [0.15, 0.2) is 6.20 Å². The van der Waals surface area contributed by atoms with Crippen LogP contribution in [0.2, 0.25) is 13.1 Å². The van der Waals surface area contributed by atoms with Crippen LogP contribution in [0.5, 0.6) is 0 Å². The Hall–Kier alpha value is -2.78. The fraction of sp³-hybridized carbons (Fsp3) is 0.364. The van der Waals surface area contributed by atoms with E-state index < -0.39 is 8.07 Å². The molecule has 0 saturated heterocycles. The smallest absolute Gasteiger partial charge is 0.206 e. The SMILES string of the molecule is Cc1c(-c2c3ccc([Si](C)(C)c4ccccc4)cc3cc[n+]2C)cc(C(C)(C)C)c(F)c1C(C)(C)C. The Bertz CT molecular complexity index is 1440. The Labute approximate surface area is 218 Å². The molecular weight excluding hydrogens is 457 g/mol. The Balaban J connectivity index is 2.02. The van der Waals surface area contributed by atoms with Crippen molar-refractivity contribution in [2.45, 2.75) is 72.4 Å². The van der Waals surface area contributed by atoms with Crippen molar-refractivity contribution in [2.24, 2.45) is 7.05 Å². The highest BCUT2D eigenvalue weighted by atomic mass is 28.3. The van der Waals surface area contributed by atoms with E-state index in [1.807, 2.05) is 0 Å². The highest BCUT2D eigenvalue weighted by molar-refractivity contribution is 7.00. The summed E-state index contributed by atoms with van der Waals surface area (Å²) in [5.74, 6) is -0.0583. The third kappa shape index (κ3) is 4.54. The van der Waals surface area contributed by atoms with E-state index in [0.29, 0.717) is 0 Å². The first-order valence-electron chi connectivity index (χ1n) is 13.0. The zero-order valence-corrected chi connectivity index (χ0v) is 24.7. The average Bonchev–Trinajstić information content (AvgIpc) is 2.78. The largest absolute Gasteiger partial charge is 0.220 e. The van der Waals surface area contributed by atoms with Crippen molar-refractivity contribution in [3.8, 4) is 11.3 Å². The first kappa shape index (κ1) is 26.3. The van der Waals surface area contributed by atoms with Gasteiger partial charge in [0.25, 0.3) is 0 Å². The van der Waals surface area contributed by atoms with Crippen molar-refractivity contribution in [1.29, 1.82) is 0 Å². The van der Waals surface area contributed by atoms with Crippen molar-refractivity contribution >= 4 is 29.2 Å². The molecule has 0 aliphatic heterocycles. The van der Waals surface area contributed by atoms with Gasteiger partial charge in [0.1, 0.15) is 20.9 Å². The van der Waals surface area contributed by atoms with Crippen molar-refractivity contribution in [3.63, 3.8) is 0 Å². The predicted molar refractivity (Wildman–Crippen MR) is 156 cm³/mol. The number of halogens is 1. The van der Waals surface area contributed by atoms with Gasteiger partial charge in [-0.3, -0.25) is 0 Å². The first-order chi connectivity index (χ1) is 16.6. The van der Waals surface area contributed by atoms with E-state index in [4.69, 9.17) is 0 Å². The van der Waals surface area contributed by atoms with E-state index in [2.05, 4.69) is 140 Å². The number of hydrogen-bond acceptors (Lipinski definition) is 0. The summed E-state index contributed by atoms with van der Waals surface area (Å²) < 4.78 is 18.2. The molecule has 0 bridgehead atoms. The van der Waals surface area contributed by atoms with Crippen molar-refractivity contribution in [2.75, 3.05) is 0 Å². The Morgan fingerprint density at radius 3 is 2.00 bits per heavy atom. The number of rotatable bonds is 3. The van der Waals surface area contributed by atoms with Crippen LogP contribution in [0.4, 0.5) is 4.39 Å². The number of hydrogen-bond donors (Lipinski definition) is 0. The summed E-state index contributed by atoms with van der Waals surface area (Å²) in [7, 11) is 0.273. The zero-order chi connectivity index (χ0) is 26.6. The van der Waals surface area contributed by atoms with Gasteiger partial charge in [-0.25, -0.2) is 8.96 Å². The van der Waals surface area contributed by atoms with E-state index in [0.717, 1.165) is 27.9 Å². The highest BCUT2D eigenvalue weighted by Gasteiger charge is 2.32. The molecule has 0 spiro atoms. The van der Waals surface area contributed by atoms with E-state index in [9.17, 15) is 0 Å². The molecule has 0 unspecified atom stereocenters. The maximum absolute atomic E-state index is 16.0. The summed E-state index contributed by atoms with van der Waals surface area (Å²) in [4.78, 5) is 0. The van der Waals surface area contributed by atoms with Gasteiger partial charge in [0.05, 0.1) is 10.9 Å². The number of nitrogens with zero attached hydrogens (tertiary/aromatic N) is 1. The van der Waals surface area contributed by atoms with Gasteiger partial charge in [-0.1, -0.05) is 107 Å². The van der Waals surface area contributed by atoms with Gasteiger partial charge in [0.2, 0.25) is 5.69 Å². The van der Waals surface area contributed by atoms with Crippen LogP contribution in [-0.4, -0.2) is 8.07 Å². The van der Waals surface area contributed by atoms with Crippen LogP contribution in [0.15, 0.2) is 66.9 Å². The fourth-order valence-electron chi connectivity index (χ4n) is 5.55. The van der Waals surface area contributed by atoms with Gasteiger partial charge >= 0.3 is 0 Å². The van der Waals surface area contributed by atoms with Gasteiger partial charge in [-0.2, -0.15) is 0 Å². The average molecular weight is 499 g/mol. The molecule has 4 aromatic rings. The minimum atomic E-state index is -1.83. The molecule has 0 N–H and O–H groups in total. The maximum atomic E-state index is 16.0. The summed E-state index contributed by atoms with van der Waals surface area (Å²) in [6.45, 7) is 19.6. The van der Waals surface area contributed by atoms with Crippen LogP contribution < -0.4 is 14.9 Å².